The van der Waals surface area contributed by atoms with Crippen LogP contribution in [0.2, 0.25) is 0 Å². The number of carbonyl (C=O) groups excluding carboxylic acids is 2. The fourth-order valence-corrected chi connectivity index (χ4v) is 3.86. The van der Waals surface area contributed by atoms with Crippen molar-refractivity contribution in [3.8, 4) is 0 Å². The van der Waals surface area contributed by atoms with E-state index in [9.17, 15) is 14.0 Å². The first-order valence-electron chi connectivity index (χ1n) is 8.18. The molecule has 0 radical (unpaired) electrons. The highest BCUT2D eigenvalue weighted by Crippen LogP contribution is 2.36. The number of hydrogen-bond acceptors (Lipinski definition) is 6. The zero-order valence-electron chi connectivity index (χ0n) is 14.7. The number of amides is 1. The number of ketones is 1. The maximum absolute atomic E-state index is 13.3. The third kappa shape index (κ3) is 4.05. The van der Waals surface area contributed by atoms with Crippen molar-refractivity contribution in [1.29, 1.82) is 0 Å². The lowest BCUT2D eigenvalue weighted by Gasteiger charge is -2.26. The molecule has 0 unspecified atom stereocenters. The van der Waals surface area contributed by atoms with Crippen molar-refractivity contribution in [3.63, 3.8) is 0 Å². The van der Waals surface area contributed by atoms with Crippen LogP contribution in [0.25, 0.3) is 0 Å². The summed E-state index contributed by atoms with van der Waals surface area (Å²) in [5.41, 5.74) is 12.4. The Morgan fingerprint density at radius 3 is 2.32 bits per heavy atom. The summed E-state index contributed by atoms with van der Waals surface area (Å²) in [6.45, 7) is 1.60. The highest BCUT2D eigenvalue weighted by Gasteiger charge is 2.27. The Hall–Kier alpha value is -2.78. The normalized spacial score (nSPS) is 11.8. The van der Waals surface area contributed by atoms with Gasteiger partial charge in [0.2, 0.25) is 11.7 Å². The van der Waals surface area contributed by atoms with Gasteiger partial charge in [-0.3, -0.25) is 9.59 Å². The maximum atomic E-state index is 13.3. The number of benzene rings is 2. The van der Waals surface area contributed by atoms with E-state index < -0.39 is 17.8 Å². The van der Waals surface area contributed by atoms with Gasteiger partial charge in [0.05, 0.1) is 0 Å². The molecule has 1 amide bonds. The summed E-state index contributed by atoms with van der Waals surface area (Å²) >= 11 is 4.37. The van der Waals surface area contributed by atoms with Gasteiger partial charge in [0.1, 0.15) is 22.6 Å². The van der Waals surface area contributed by atoms with Crippen LogP contribution in [0, 0.1) is 5.82 Å². The van der Waals surface area contributed by atoms with Crippen molar-refractivity contribution in [2.75, 3.05) is 10.6 Å². The molecule has 6 nitrogen and oxygen atoms in total. The third-order valence-electron chi connectivity index (χ3n) is 4.06. The molecule has 9 heteroatoms. The number of nitrogens with two attached hydrogens (primary N) is 2. The van der Waals surface area contributed by atoms with Crippen LogP contribution >= 0.6 is 27.3 Å². The molecular weight excluding hydrogens is 447 g/mol. The molecule has 144 valence electrons. The predicted molar refractivity (Wildman–Crippen MR) is 111 cm³/mol. The van der Waals surface area contributed by atoms with E-state index in [1.54, 1.807) is 31.2 Å². The highest BCUT2D eigenvalue weighted by atomic mass is 79.9. The van der Waals surface area contributed by atoms with Crippen LogP contribution in [0.5, 0.6) is 0 Å². The molecule has 0 bridgehead atoms. The Kier molecular flexibility index (Phi) is 5.76. The Morgan fingerprint density at radius 2 is 1.75 bits per heavy atom. The smallest absolute Gasteiger partial charge is 0.240 e. The fourth-order valence-electron chi connectivity index (χ4n) is 2.55. The van der Waals surface area contributed by atoms with Gasteiger partial charge in [-0.15, -0.1) is 0 Å². The van der Waals surface area contributed by atoms with Gasteiger partial charge >= 0.3 is 0 Å². The largest absolute Gasteiger partial charge is 0.382 e. The molecule has 1 aromatic heterocycles. The molecule has 0 aliphatic heterocycles. The second-order valence-corrected chi connectivity index (χ2v) is 7.86. The number of carbonyl (C=O) groups is 2. The van der Waals surface area contributed by atoms with Crippen molar-refractivity contribution >= 4 is 55.6 Å². The van der Waals surface area contributed by atoms with E-state index in [-0.39, 0.29) is 16.5 Å². The minimum Gasteiger partial charge on any atom is -0.382 e. The molecule has 1 atom stereocenters. The van der Waals surface area contributed by atoms with Gasteiger partial charge in [0, 0.05) is 15.7 Å². The number of halogens is 2. The maximum Gasteiger partial charge on any atom is 0.240 e. The van der Waals surface area contributed by atoms with E-state index in [1.807, 2.05) is 0 Å². The number of anilines is 3. The lowest BCUT2D eigenvalue weighted by molar-refractivity contribution is -0.118. The summed E-state index contributed by atoms with van der Waals surface area (Å²) in [5, 5.41) is 0.316. The first-order chi connectivity index (χ1) is 13.3. The molecule has 0 spiro atoms. The van der Waals surface area contributed by atoms with Gasteiger partial charge < -0.3 is 16.4 Å². The first kappa shape index (κ1) is 20.0. The SMILES string of the molecule is C[C@H](C(N)=O)N(c1ccc(F)cc1)c1nc(N)c(C(=O)c2ccc(Br)cc2)s1. The number of nitrogens with zero attached hydrogens (tertiary/aromatic N) is 2. The van der Waals surface area contributed by atoms with E-state index in [0.29, 0.717) is 16.4 Å². The standard InChI is InChI=1S/C19H16BrFN4O2S/c1-10(18(23)27)25(14-8-6-13(21)7-9-14)19-24-17(22)16(28-19)15(26)11-2-4-12(20)5-3-11/h2-10H,22H2,1H3,(H2,23,27)/t10-/m1/s1. The van der Waals surface area contributed by atoms with E-state index >= 15 is 0 Å². The van der Waals surface area contributed by atoms with E-state index in [1.165, 1.54) is 29.2 Å². The van der Waals surface area contributed by atoms with Gasteiger partial charge in [-0.05, 0) is 55.5 Å². The molecule has 0 aliphatic rings. The molecule has 2 aromatic carbocycles. The average molecular weight is 463 g/mol. The van der Waals surface area contributed by atoms with Gasteiger partial charge in [0.25, 0.3) is 0 Å². The monoisotopic (exact) mass is 462 g/mol. The molecule has 0 fully saturated rings. The van der Waals surface area contributed by atoms with E-state index in [4.69, 9.17) is 11.5 Å². The second-order valence-electron chi connectivity index (χ2n) is 5.97. The Balaban J connectivity index is 2.03. The summed E-state index contributed by atoms with van der Waals surface area (Å²) in [5.74, 6) is -1.24. The number of hydrogen-bond donors (Lipinski definition) is 2. The van der Waals surface area contributed by atoms with Crippen LogP contribution in [0.15, 0.2) is 53.0 Å². The van der Waals surface area contributed by atoms with Gasteiger partial charge in [-0.25, -0.2) is 9.37 Å². The van der Waals surface area contributed by atoms with E-state index in [2.05, 4.69) is 20.9 Å². The van der Waals surface area contributed by atoms with Gasteiger partial charge in [0.15, 0.2) is 5.13 Å². The van der Waals surface area contributed by atoms with Crippen LogP contribution < -0.4 is 16.4 Å². The van der Waals surface area contributed by atoms with Crippen molar-refractivity contribution < 1.29 is 14.0 Å². The molecule has 0 aliphatic carbocycles. The van der Waals surface area contributed by atoms with Crippen molar-refractivity contribution in [2.45, 2.75) is 13.0 Å². The summed E-state index contributed by atoms with van der Waals surface area (Å²) in [4.78, 5) is 30.7. The first-order valence-corrected chi connectivity index (χ1v) is 9.79. The molecule has 1 heterocycles. The van der Waals surface area contributed by atoms with Gasteiger partial charge in [-0.2, -0.15) is 0 Å². The Bertz CT molecular complexity index is 1020. The average Bonchev–Trinajstić information content (AvgIpc) is 3.04. The lowest BCUT2D eigenvalue weighted by atomic mass is 10.1. The fraction of sp³-hybridized carbons (Fsp3) is 0.105. The molecule has 0 saturated heterocycles. The van der Waals surface area contributed by atoms with Gasteiger partial charge in [-0.1, -0.05) is 27.3 Å². The van der Waals surface area contributed by atoms with Crippen molar-refractivity contribution in [2.24, 2.45) is 5.73 Å². The Labute approximate surface area is 173 Å². The van der Waals surface area contributed by atoms with Crippen LogP contribution in [0.1, 0.15) is 22.2 Å². The lowest BCUT2D eigenvalue weighted by Crippen LogP contribution is -2.39. The summed E-state index contributed by atoms with van der Waals surface area (Å²) in [6, 6.07) is 11.6. The predicted octanol–water partition coefficient (Wildman–Crippen LogP) is 3.87. The van der Waals surface area contributed by atoms with Crippen LogP contribution in [0.3, 0.4) is 0 Å². The van der Waals surface area contributed by atoms with Crippen LogP contribution in [0.4, 0.5) is 21.0 Å². The number of rotatable bonds is 6. The zero-order valence-corrected chi connectivity index (χ0v) is 17.1. The highest BCUT2D eigenvalue weighted by molar-refractivity contribution is 9.10. The molecule has 3 rings (SSSR count). The number of thiazole rings is 1. The zero-order chi connectivity index (χ0) is 20.4. The van der Waals surface area contributed by atoms with Crippen molar-refractivity contribution in [1.82, 2.24) is 4.98 Å². The number of nitrogen functional groups attached to an aromatic ring is 1. The summed E-state index contributed by atoms with van der Waals surface area (Å²) in [7, 11) is 0. The quantitative estimate of drug-likeness (QED) is 0.541. The molecule has 28 heavy (non-hydrogen) atoms. The molecular formula is C19H16BrFN4O2S. The summed E-state index contributed by atoms with van der Waals surface area (Å²) < 4.78 is 14.2. The minimum absolute atomic E-state index is 0.0525. The number of aromatic nitrogens is 1. The molecule has 0 saturated carbocycles. The molecule has 3 aromatic rings. The third-order valence-corrected chi connectivity index (χ3v) is 5.66. The van der Waals surface area contributed by atoms with Crippen LogP contribution in [-0.2, 0) is 4.79 Å². The van der Waals surface area contributed by atoms with Crippen molar-refractivity contribution in [3.05, 3.63) is 69.3 Å². The summed E-state index contributed by atoms with van der Waals surface area (Å²) in [6.07, 6.45) is 0. The molecule has 4 N–H and O–H groups in total. The minimum atomic E-state index is -0.786. The number of primary amides is 1. The topological polar surface area (TPSA) is 102 Å². The van der Waals surface area contributed by atoms with Crippen LogP contribution in [-0.4, -0.2) is 22.7 Å². The second kappa shape index (κ2) is 8.07. The Morgan fingerprint density at radius 1 is 1.14 bits per heavy atom. The van der Waals surface area contributed by atoms with E-state index in [0.717, 1.165) is 15.8 Å².